The van der Waals surface area contributed by atoms with Crippen LogP contribution in [-0.2, 0) is 4.79 Å². The van der Waals surface area contributed by atoms with E-state index in [-0.39, 0.29) is 24.0 Å². The zero-order valence-electron chi connectivity index (χ0n) is 21.4. The van der Waals surface area contributed by atoms with Crippen molar-refractivity contribution in [2.75, 3.05) is 18.8 Å². The number of ketones is 1. The second-order valence-electron chi connectivity index (χ2n) is 9.67. The molecule has 1 N–H and O–H groups in total. The summed E-state index contributed by atoms with van der Waals surface area (Å²) in [5.74, 6) is -0.390. The third kappa shape index (κ3) is 4.08. The molecular weight excluding hydrogens is 522 g/mol. The number of hydrogen-bond acceptors (Lipinski definition) is 7. The molecule has 0 spiro atoms. The van der Waals surface area contributed by atoms with Gasteiger partial charge in [0.05, 0.1) is 18.7 Å². The number of amides is 1. The molecular formula is C30H24ClNO7. The van der Waals surface area contributed by atoms with Crippen molar-refractivity contribution < 1.29 is 33.3 Å². The average Bonchev–Trinajstić information content (AvgIpc) is 3.64. The predicted molar refractivity (Wildman–Crippen MR) is 145 cm³/mol. The van der Waals surface area contributed by atoms with Crippen LogP contribution < -0.4 is 19.1 Å². The third-order valence-corrected chi connectivity index (χ3v) is 7.21. The monoisotopic (exact) mass is 545 g/mol. The van der Waals surface area contributed by atoms with Crippen LogP contribution in [0.25, 0.3) is 11.0 Å². The van der Waals surface area contributed by atoms with Gasteiger partial charge in [-0.25, -0.2) is 0 Å². The summed E-state index contributed by atoms with van der Waals surface area (Å²) >= 11 is 6.20. The first-order valence-electron chi connectivity index (χ1n) is 12.3. The lowest BCUT2D eigenvalue weighted by atomic mass is 9.92. The molecule has 0 aliphatic carbocycles. The van der Waals surface area contributed by atoms with Gasteiger partial charge in [-0.1, -0.05) is 49.7 Å². The Bertz CT molecular complexity index is 1670. The summed E-state index contributed by atoms with van der Waals surface area (Å²) in [6.07, 6.45) is 0. The number of rotatable bonds is 6. The van der Waals surface area contributed by atoms with Gasteiger partial charge < -0.3 is 23.7 Å². The summed E-state index contributed by atoms with van der Waals surface area (Å²) < 4.78 is 22.2. The van der Waals surface area contributed by atoms with Crippen LogP contribution in [0.3, 0.4) is 0 Å². The van der Waals surface area contributed by atoms with E-state index >= 15 is 0 Å². The van der Waals surface area contributed by atoms with Gasteiger partial charge >= 0.3 is 0 Å². The van der Waals surface area contributed by atoms with Crippen molar-refractivity contribution >= 4 is 39.9 Å². The van der Waals surface area contributed by atoms with E-state index in [0.29, 0.717) is 44.5 Å². The summed E-state index contributed by atoms with van der Waals surface area (Å²) in [4.78, 5) is 28.9. The molecule has 4 aromatic rings. The van der Waals surface area contributed by atoms with E-state index in [1.54, 1.807) is 30.3 Å². The Balaban J connectivity index is 1.49. The van der Waals surface area contributed by atoms with Crippen LogP contribution in [0.15, 0.2) is 76.4 Å². The maximum atomic E-state index is 14.0. The lowest BCUT2D eigenvalue weighted by Gasteiger charge is -2.27. The first-order chi connectivity index (χ1) is 18.8. The number of anilines is 1. The molecule has 2 aliphatic rings. The van der Waals surface area contributed by atoms with Crippen LogP contribution in [0, 0.1) is 0 Å². The van der Waals surface area contributed by atoms with Crippen LogP contribution in [0.1, 0.15) is 47.5 Å². The number of carbonyl (C=O) groups is 2. The number of Topliss-reactive ketones (excluding diaryl/α,β-unsaturated/α-hetero) is 1. The second kappa shape index (κ2) is 9.39. The molecule has 0 saturated heterocycles. The van der Waals surface area contributed by atoms with Crippen LogP contribution >= 0.6 is 11.6 Å². The normalized spacial score (nSPS) is 16.6. The molecule has 1 unspecified atom stereocenters. The van der Waals surface area contributed by atoms with E-state index in [1.807, 2.05) is 24.3 Å². The van der Waals surface area contributed by atoms with Gasteiger partial charge in [-0.2, -0.15) is 0 Å². The summed E-state index contributed by atoms with van der Waals surface area (Å²) in [6.45, 7) is 4.23. The smallest absolute Gasteiger partial charge is 0.294 e. The lowest BCUT2D eigenvalue weighted by molar-refractivity contribution is -0.117. The predicted octanol–water partition coefficient (Wildman–Crippen LogP) is 6.73. The SMILES string of the molecule is COc1cc(Cl)cc2cc(C(=O)C3=C(O)C(=O)N(c4ccc5c(c4)OCO5)C3c3ccc(C(C)C)cc3)oc12. The molecule has 6 rings (SSSR count). The number of hydrogen-bond donors (Lipinski definition) is 1. The molecule has 3 heterocycles. The molecule has 1 atom stereocenters. The van der Waals surface area contributed by atoms with E-state index in [2.05, 4.69) is 13.8 Å². The van der Waals surface area contributed by atoms with Crippen LogP contribution in [0.4, 0.5) is 5.69 Å². The average molecular weight is 546 g/mol. The Morgan fingerprint density at radius 2 is 1.79 bits per heavy atom. The van der Waals surface area contributed by atoms with Crippen molar-refractivity contribution in [1.82, 2.24) is 0 Å². The fraction of sp³-hybridized carbons (Fsp3) is 0.200. The van der Waals surface area contributed by atoms with Crippen molar-refractivity contribution in [3.8, 4) is 17.2 Å². The molecule has 39 heavy (non-hydrogen) atoms. The maximum absolute atomic E-state index is 14.0. The number of halogens is 1. The molecule has 9 heteroatoms. The van der Waals surface area contributed by atoms with E-state index in [4.69, 9.17) is 30.2 Å². The van der Waals surface area contributed by atoms with Crippen molar-refractivity contribution in [1.29, 1.82) is 0 Å². The second-order valence-corrected chi connectivity index (χ2v) is 10.1. The highest BCUT2D eigenvalue weighted by atomic mass is 35.5. The molecule has 198 valence electrons. The highest BCUT2D eigenvalue weighted by molar-refractivity contribution is 6.31. The summed E-state index contributed by atoms with van der Waals surface area (Å²) in [5.41, 5.74) is 2.42. The van der Waals surface area contributed by atoms with Crippen molar-refractivity contribution in [2.45, 2.75) is 25.8 Å². The van der Waals surface area contributed by atoms with Gasteiger partial charge in [0.2, 0.25) is 12.6 Å². The Kier molecular flexibility index (Phi) is 5.99. The van der Waals surface area contributed by atoms with Crippen LogP contribution in [0.5, 0.6) is 17.2 Å². The lowest BCUT2D eigenvalue weighted by Crippen LogP contribution is -2.31. The van der Waals surface area contributed by atoms with E-state index in [0.717, 1.165) is 5.56 Å². The molecule has 0 bridgehead atoms. The van der Waals surface area contributed by atoms with E-state index in [1.165, 1.54) is 18.1 Å². The van der Waals surface area contributed by atoms with Crippen LogP contribution in [0.2, 0.25) is 5.02 Å². The van der Waals surface area contributed by atoms with Gasteiger partial charge in [-0.05, 0) is 41.3 Å². The van der Waals surface area contributed by atoms with E-state index < -0.39 is 23.5 Å². The molecule has 1 aromatic heterocycles. The molecule has 3 aromatic carbocycles. The summed E-state index contributed by atoms with van der Waals surface area (Å²) in [5, 5.41) is 12.1. The Hall–Kier alpha value is -4.43. The molecule has 8 nitrogen and oxygen atoms in total. The Morgan fingerprint density at radius 3 is 2.51 bits per heavy atom. The third-order valence-electron chi connectivity index (χ3n) is 7.00. The Morgan fingerprint density at radius 1 is 1.05 bits per heavy atom. The largest absolute Gasteiger partial charge is 0.503 e. The fourth-order valence-electron chi connectivity index (χ4n) is 5.00. The van der Waals surface area contributed by atoms with Gasteiger partial charge in [-0.3, -0.25) is 14.5 Å². The first kappa shape index (κ1) is 24.9. The number of aliphatic hydroxyl groups excluding tert-OH is 1. The fourth-order valence-corrected chi connectivity index (χ4v) is 5.22. The number of nitrogens with zero attached hydrogens (tertiary/aromatic N) is 1. The van der Waals surface area contributed by atoms with Crippen molar-refractivity contribution in [3.63, 3.8) is 0 Å². The molecule has 0 fully saturated rings. The van der Waals surface area contributed by atoms with E-state index in [9.17, 15) is 14.7 Å². The summed E-state index contributed by atoms with van der Waals surface area (Å²) in [6, 6.07) is 16.5. The quantitative estimate of drug-likeness (QED) is 0.268. The number of benzene rings is 3. The van der Waals surface area contributed by atoms with Crippen LogP contribution in [-0.4, -0.2) is 30.7 Å². The van der Waals surface area contributed by atoms with Crippen molar-refractivity contribution in [2.24, 2.45) is 0 Å². The standard InChI is InChI=1S/C30H24ClNO7/c1-15(2)16-4-6-17(7-5-16)26-25(27(33)23-11-18-10-19(31)12-24(36-3)29(18)39-23)28(34)30(35)32(26)20-8-9-21-22(13-20)38-14-37-21/h4-13,15,26,34H,14H2,1-3H3. The minimum Gasteiger partial charge on any atom is -0.503 e. The minimum absolute atomic E-state index is 0.0590. The summed E-state index contributed by atoms with van der Waals surface area (Å²) in [7, 11) is 1.47. The van der Waals surface area contributed by atoms with Gasteiger partial charge in [0.1, 0.15) is 0 Å². The molecule has 0 radical (unpaired) electrons. The zero-order valence-corrected chi connectivity index (χ0v) is 22.1. The molecule has 0 saturated carbocycles. The van der Waals surface area contributed by atoms with Gasteiger partial charge in [0.15, 0.2) is 34.4 Å². The zero-order chi connectivity index (χ0) is 27.4. The van der Waals surface area contributed by atoms with Gasteiger partial charge in [-0.15, -0.1) is 0 Å². The molecule has 2 aliphatic heterocycles. The topological polar surface area (TPSA) is 98.4 Å². The number of carbonyl (C=O) groups excluding carboxylic acids is 2. The van der Waals surface area contributed by atoms with Crippen molar-refractivity contribution in [3.05, 3.63) is 93.9 Å². The Labute approximate surface area is 228 Å². The van der Waals surface area contributed by atoms with Gasteiger partial charge in [0.25, 0.3) is 5.91 Å². The number of methoxy groups -OCH3 is 1. The highest BCUT2D eigenvalue weighted by Gasteiger charge is 2.45. The highest BCUT2D eigenvalue weighted by Crippen LogP contribution is 2.45. The number of fused-ring (bicyclic) bond motifs is 2. The maximum Gasteiger partial charge on any atom is 0.294 e. The number of aliphatic hydroxyl groups is 1. The molecule has 1 amide bonds. The number of furan rings is 1. The minimum atomic E-state index is -0.926. The van der Waals surface area contributed by atoms with Gasteiger partial charge in [0, 0.05) is 28.2 Å². The number of ether oxygens (including phenoxy) is 3. The first-order valence-corrected chi connectivity index (χ1v) is 12.7.